The van der Waals surface area contributed by atoms with Crippen LogP contribution in [-0.2, 0) is 10.2 Å². The maximum absolute atomic E-state index is 11.7. The lowest BCUT2D eigenvalue weighted by Crippen LogP contribution is -2.48. The third kappa shape index (κ3) is 3.75. The number of nitrogens with zero attached hydrogens (tertiary/aromatic N) is 1. The van der Waals surface area contributed by atoms with Crippen LogP contribution in [0.4, 0.5) is 0 Å². The zero-order valence-electron chi connectivity index (χ0n) is 18.3. The van der Waals surface area contributed by atoms with Crippen molar-refractivity contribution in [2.75, 3.05) is 13.1 Å². The van der Waals surface area contributed by atoms with Crippen molar-refractivity contribution in [2.45, 2.75) is 90.1 Å². The Morgan fingerprint density at radius 2 is 1.71 bits per heavy atom. The van der Waals surface area contributed by atoms with E-state index in [0.29, 0.717) is 5.41 Å². The van der Waals surface area contributed by atoms with Crippen LogP contribution in [0.1, 0.15) is 89.8 Å². The molecule has 2 fully saturated rings. The summed E-state index contributed by atoms with van der Waals surface area (Å²) in [4.78, 5) is 14.5. The molecule has 0 bridgehead atoms. The Morgan fingerprint density at radius 1 is 1.07 bits per heavy atom. The van der Waals surface area contributed by atoms with Gasteiger partial charge in [-0.1, -0.05) is 45.0 Å². The molecule has 1 saturated carbocycles. The smallest absolute Gasteiger partial charge is 0.217 e. The summed E-state index contributed by atoms with van der Waals surface area (Å²) in [6.07, 6.45) is 9.09. The number of benzene rings is 1. The van der Waals surface area contributed by atoms with Crippen LogP contribution in [-0.4, -0.2) is 29.9 Å². The second-order valence-corrected chi connectivity index (χ2v) is 10.7. The van der Waals surface area contributed by atoms with Crippen LogP contribution < -0.4 is 5.32 Å². The van der Waals surface area contributed by atoms with Gasteiger partial charge in [-0.3, -0.25) is 4.79 Å². The van der Waals surface area contributed by atoms with E-state index in [9.17, 15) is 4.79 Å². The highest BCUT2D eigenvalue weighted by Crippen LogP contribution is 2.51. The third-order valence-electron chi connectivity index (χ3n) is 8.07. The van der Waals surface area contributed by atoms with Gasteiger partial charge in [-0.25, -0.2) is 0 Å². The molecule has 1 amide bonds. The maximum atomic E-state index is 11.7. The van der Waals surface area contributed by atoms with Crippen molar-refractivity contribution in [3.63, 3.8) is 0 Å². The highest BCUT2D eigenvalue weighted by Gasteiger charge is 2.46. The lowest BCUT2D eigenvalue weighted by atomic mass is 9.70. The molecule has 0 unspecified atom stereocenters. The largest absolute Gasteiger partial charge is 0.349 e. The zero-order chi connectivity index (χ0) is 19.9. The summed E-state index contributed by atoms with van der Waals surface area (Å²) in [5.74, 6) is 0.977. The zero-order valence-corrected chi connectivity index (χ0v) is 18.3. The molecule has 2 aliphatic carbocycles. The molecule has 1 N–H and O–H groups in total. The fraction of sp³-hybridized carbons (Fsp3) is 0.720. The number of fused-ring (bicyclic) bond motifs is 2. The molecule has 1 saturated heterocycles. The fourth-order valence-corrected chi connectivity index (χ4v) is 6.37. The van der Waals surface area contributed by atoms with Crippen molar-refractivity contribution in [3.05, 3.63) is 35.4 Å². The van der Waals surface area contributed by atoms with Crippen LogP contribution in [0.5, 0.6) is 0 Å². The molecular formula is C25H38N2O. The molecule has 0 radical (unpaired) electrons. The van der Waals surface area contributed by atoms with Gasteiger partial charge in [-0.15, -0.1) is 0 Å². The minimum Gasteiger partial charge on any atom is -0.349 e. The van der Waals surface area contributed by atoms with Crippen LogP contribution in [0.3, 0.4) is 0 Å². The molecule has 0 aromatic heterocycles. The number of likely N-dealkylation sites (tertiary alicyclic amines) is 1. The van der Waals surface area contributed by atoms with Gasteiger partial charge in [-0.05, 0) is 80.5 Å². The minimum atomic E-state index is 0.0879. The number of carbonyl (C=O) groups is 1. The number of rotatable bonds is 2. The second kappa shape index (κ2) is 7.48. The average Bonchev–Trinajstić information content (AvgIpc) is 2.95. The molecule has 1 atom stereocenters. The molecular weight excluding hydrogens is 344 g/mol. The second-order valence-electron chi connectivity index (χ2n) is 10.7. The van der Waals surface area contributed by atoms with E-state index in [1.807, 2.05) is 0 Å². The van der Waals surface area contributed by atoms with Gasteiger partial charge in [0.05, 0.1) is 6.04 Å². The van der Waals surface area contributed by atoms with Crippen molar-refractivity contribution >= 4 is 5.91 Å². The number of nitrogens with one attached hydrogen (secondary N) is 1. The highest BCUT2D eigenvalue weighted by atomic mass is 16.1. The molecule has 3 heteroatoms. The van der Waals surface area contributed by atoms with Gasteiger partial charge in [0.15, 0.2) is 0 Å². The average molecular weight is 383 g/mol. The lowest BCUT2D eigenvalue weighted by Gasteiger charge is -2.46. The van der Waals surface area contributed by atoms with Crippen LogP contribution in [0, 0.1) is 11.3 Å². The summed E-state index contributed by atoms with van der Waals surface area (Å²) in [6, 6.07) is 9.83. The maximum Gasteiger partial charge on any atom is 0.217 e. The first-order valence-corrected chi connectivity index (χ1v) is 11.4. The molecule has 1 aromatic carbocycles. The lowest BCUT2D eigenvalue weighted by molar-refractivity contribution is -0.119. The molecule has 154 valence electrons. The molecule has 28 heavy (non-hydrogen) atoms. The molecule has 1 spiro atoms. The summed E-state index contributed by atoms with van der Waals surface area (Å²) < 4.78 is 0. The van der Waals surface area contributed by atoms with Gasteiger partial charge in [0.2, 0.25) is 5.91 Å². The Kier molecular flexibility index (Phi) is 5.33. The van der Waals surface area contributed by atoms with Gasteiger partial charge in [0.25, 0.3) is 0 Å². The van der Waals surface area contributed by atoms with Crippen LogP contribution >= 0.6 is 0 Å². The highest BCUT2D eigenvalue weighted by molar-refractivity contribution is 5.73. The SMILES string of the molecule is CC(=O)N[C@H]1CC2(CCN(C3CCC(C(C)(C)C)CC3)CC2)c2ccccc21. The van der Waals surface area contributed by atoms with Crippen molar-refractivity contribution in [3.8, 4) is 0 Å². The normalized spacial score (nSPS) is 30.2. The van der Waals surface area contributed by atoms with Crippen molar-refractivity contribution in [1.29, 1.82) is 0 Å². The van der Waals surface area contributed by atoms with Crippen LogP contribution in [0.15, 0.2) is 24.3 Å². The van der Waals surface area contributed by atoms with E-state index in [2.05, 4.69) is 55.3 Å². The topological polar surface area (TPSA) is 32.3 Å². The number of amides is 1. The Bertz CT molecular complexity index is 704. The molecule has 3 nitrogen and oxygen atoms in total. The Hall–Kier alpha value is -1.35. The molecule has 1 aliphatic heterocycles. The number of hydrogen-bond donors (Lipinski definition) is 1. The first-order valence-electron chi connectivity index (χ1n) is 11.4. The first kappa shape index (κ1) is 19.9. The van der Waals surface area contributed by atoms with E-state index in [0.717, 1.165) is 18.4 Å². The van der Waals surface area contributed by atoms with E-state index >= 15 is 0 Å². The summed E-state index contributed by atoms with van der Waals surface area (Å²) in [5.41, 5.74) is 3.59. The predicted molar refractivity (Wildman–Crippen MR) is 115 cm³/mol. The predicted octanol–water partition coefficient (Wildman–Crippen LogP) is 5.21. The summed E-state index contributed by atoms with van der Waals surface area (Å²) in [7, 11) is 0. The van der Waals surface area contributed by atoms with Gasteiger partial charge < -0.3 is 10.2 Å². The van der Waals surface area contributed by atoms with E-state index in [1.54, 1.807) is 6.92 Å². The molecule has 1 aromatic rings. The molecule has 4 rings (SSSR count). The monoisotopic (exact) mass is 382 g/mol. The summed E-state index contributed by atoms with van der Waals surface area (Å²) in [5, 5.41) is 3.21. The van der Waals surface area contributed by atoms with Gasteiger partial charge in [0, 0.05) is 18.4 Å². The minimum absolute atomic E-state index is 0.0879. The Morgan fingerprint density at radius 3 is 2.32 bits per heavy atom. The fourth-order valence-electron chi connectivity index (χ4n) is 6.37. The van der Waals surface area contributed by atoms with Gasteiger partial charge in [-0.2, -0.15) is 0 Å². The standard InChI is InChI=1S/C25H38N2O/c1-18(28)26-23-17-25(22-8-6-5-7-21(22)23)13-15-27(16-14-25)20-11-9-19(10-12-20)24(2,3)4/h5-8,19-20,23H,9-17H2,1-4H3,(H,26,28)/t19?,20?,23-/m0/s1. The van der Waals surface area contributed by atoms with Crippen molar-refractivity contribution in [2.24, 2.45) is 11.3 Å². The summed E-state index contributed by atoms with van der Waals surface area (Å²) >= 11 is 0. The first-order chi connectivity index (χ1) is 13.3. The van der Waals surface area contributed by atoms with Crippen LogP contribution in [0.2, 0.25) is 0 Å². The van der Waals surface area contributed by atoms with E-state index in [-0.39, 0.29) is 17.4 Å². The van der Waals surface area contributed by atoms with Gasteiger partial charge >= 0.3 is 0 Å². The van der Waals surface area contributed by atoms with Gasteiger partial charge in [0.1, 0.15) is 0 Å². The van der Waals surface area contributed by atoms with E-state index in [1.165, 1.54) is 62.7 Å². The number of piperidine rings is 1. The Labute approximate surface area is 171 Å². The third-order valence-corrected chi connectivity index (χ3v) is 8.07. The van der Waals surface area contributed by atoms with Crippen LogP contribution in [0.25, 0.3) is 0 Å². The number of hydrogen-bond acceptors (Lipinski definition) is 2. The molecule has 1 heterocycles. The molecule has 3 aliphatic rings. The number of carbonyl (C=O) groups excluding carboxylic acids is 1. The van der Waals surface area contributed by atoms with Crippen molar-refractivity contribution < 1.29 is 4.79 Å². The van der Waals surface area contributed by atoms with E-state index in [4.69, 9.17) is 0 Å². The van der Waals surface area contributed by atoms with Crippen molar-refractivity contribution in [1.82, 2.24) is 10.2 Å². The van der Waals surface area contributed by atoms with E-state index < -0.39 is 0 Å². The summed E-state index contributed by atoms with van der Waals surface area (Å²) in [6.45, 7) is 11.3. The Balaban J connectivity index is 1.41. The quantitative estimate of drug-likeness (QED) is 0.762.